The molecule has 5 rings (SSSR count). The number of aromatic hydroxyl groups is 1. The minimum absolute atomic E-state index is 0.0189. The lowest BCUT2D eigenvalue weighted by Crippen LogP contribution is -2.63. The molecule has 4 N–H and O–H groups in total. The molecule has 0 aliphatic carbocycles. The number of ether oxygens (including phenoxy) is 1. The number of hydrogen-bond donors (Lipinski definition) is 4. The number of aliphatic hydroxyl groups is 1. The maximum absolute atomic E-state index is 15.6. The molecule has 3 aliphatic rings. The van der Waals surface area contributed by atoms with Crippen LogP contribution in [0.3, 0.4) is 0 Å². The summed E-state index contributed by atoms with van der Waals surface area (Å²) in [5, 5.41) is 26.7. The van der Waals surface area contributed by atoms with Crippen LogP contribution in [0.4, 0.5) is 10.1 Å². The number of phenolic OH excluding ortho intramolecular Hbond substituents is 1. The number of phenols is 1. The number of nitrogens with zero attached hydrogens (tertiary/aromatic N) is 2. The fourth-order valence-corrected chi connectivity index (χ4v) is 5.08. The highest BCUT2D eigenvalue weighted by molar-refractivity contribution is 6.50. The largest absolute Gasteiger partial charge is 0.508 e. The van der Waals surface area contributed by atoms with Gasteiger partial charge in [0.05, 0.1) is 19.8 Å². The van der Waals surface area contributed by atoms with Gasteiger partial charge in [0.15, 0.2) is 0 Å². The Morgan fingerprint density at radius 1 is 1.13 bits per heavy atom. The molecule has 3 aliphatic heterocycles. The normalized spacial score (nSPS) is 21.9. The molecular weight excluding hydrogens is 493 g/mol. The predicted molar refractivity (Wildman–Crippen MR) is 136 cm³/mol. The number of halogens is 1. The number of hydrogen-bond acceptors (Lipinski definition) is 8. The summed E-state index contributed by atoms with van der Waals surface area (Å²) in [5.74, 6) is -3.21. The first kappa shape index (κ1) is 26.2. The predicted octanol–water partition coefficient (Wildman–Crippen LogP) is -1.36. The van der Waals surface area contributed by atoms with E-state index in [0.717, 1.165) is 4.90 Å². The average Bonchev–Trinajstić information content (AvgIpc) is 3.26. The van der Waals surface area contributed by atoms with Crippen molar-refractivity contribution >= 4 is 50.0 Å². The summed E-state index contributed by atoms with van der Waals surface area (Å²) in [6.45, 7) is 2.15. The van der Waals surface area contributed by atoms with E-state index in [1.807, 2.05) is 4.90 Å². The highest BCUT2D eigenvalue weighted by atomic mass is 19.1. The summed E-state index contributed by atoms with van der Waals surface area (Å²) < 4.78 is 21.0. The van der Waals surface area contributed by atoms with Crippen LogP contribution in [0.1, 0.15) is 39.9 Å². The first-order valence-electron chi connectivity index (χ1n) is 12.2. The van der Waals surface area contributed by atoms with E-state index in [-0.39, 0.29) is 60.1 Å². The number of imide groups is 1. The molecule has 0 aromatic heterocycles. The van der Waals surface area contributed by atoms with Gasteiger partial charge >= 0.3 is 0 Å². The van der Waals surface area contributed by atoms with Crippen LogP contribution in [0.15, 0.2) is 18.2 Å². The van der Waals surface area contributed by atoms with E-state index in [1.165, 1.54) is 0 Å². The van der Waals surface area contributed by atoms with Crippen molar-refractivity contribution in [3.05, 3.63) is 46.3 Å². The van der Waals surface area contributed by atoms with Gasteiger partial charge in [0, 0.05) is 61.4 Å². The zero-order valence-corrected chi connectivity index (χ0v) is 20.6. The number of anilines is 1. The van der Waals surface area contributed by atoms with Crippen LogP contribution in [0.5, 0.6) is 5.75 Å². The smallest absolute Gasteiger partial charge is 0.279 e. The Kier molecular flexibility index (Phi) is 6.93. The van der Waals surface area contributed by atoms with Crippen molar-refractivity contribution < 1.29 is 33.7 Å². The van der Waals surface area contributed by atoms with E-state index in [0.29, 0.717) is 37.6 Å². The molecule has 2 aromatic rings. The number of amides is 3. The number of morpholine rings is 1. The zero-order valence-electron chi connectivity index (χ0n) is 20.6. The van der Waals surface area contributed by atoms with Gasteiger partial charge in [-0.1, -0.05) is 17.0 Å². The van der Waals surface area contributed by atoms with Crippen LogP contribution in [-0.4, -0.2) is 85.5 Å². The van der Waals surface area contributed by atoms with Crippen molar-refractivity contribution in [1.82, 2.24) is 15.1 Å². The Morgan fingerprint density at radius 3 is 2.58 bits per heavy atom. The second-order valence-corrected chi connectivity index (χ2v) is 9.61. The molecule has 3 heterocycles. The van der Waals surface area contributed by atoms with Gasteiger partial charge in [-0.15, -0.1) is 0 Å². The molecule has 194 valence electrons. The molecule has 4 radical (unpaired) electrons. The summed E-state index contributed by atoms with van der Waals surface area (Å²) in [4.78, 5) is 40.1. The summed E-state index contributed by atoms with van der Waals surface area (Å²) in [6.07, 6.45) is -0.340. The van der Waals surface area contributed by atoms with Crippen LogP contribution < -0.4 is 21.6 Å². The van der Waals surface area contributed by atoms with E-state index >= 15 is 4.39 Å². The molecule has 2 fully saturated rings. The molecule has 0 bridgehead atoms. The standard InChI is InChI=1S/C25H25B2FN4O6/c26-19-16(11-31-6-8-38-9-7-31)21(28)14(22(34)20(19)27)10-29-17-3-1-2-13-15(17)12-32(23(13)35)25(37)5-4-18(33)30-24(25)36/h1-3,29,34,37H,4-12H2,(H,30,33,36). The van der Waals surface area contributed by atoms with E-state index in [1.54, 1.807) is 18.2 Å². The first-order valence-corrected chi connectivity index (χ1v) is 12.2. The van der Waals surface area contributed by atoms with Crippen molar-refractivity contribution in [3.8, 4) is 5.75 Å². The van der Waals surface area contributed by atoms with Crippen molar-refractivity contribution in [2.75, 3.05) is 31.6 Å². The van der Waals surface area contributed by atoms with Gasteiger partial charge in [0.2, 0.25) is 11.6 Å². The topological polar surface area (TPSA) is 131 Å². The maximum atomic E-state index is 15.6. The lowest BCUT2D eigenvalue weighted by atomic mass is 9.75. The van der Waals surface area contributed by atoms with Gasteiger partial charge in [0.1, 0.15) is 27.3 Å². The Bertz CT molecular complexity index is 1340. The molecule has 38 heavy (non-hydrogen) atoms. The number of benzene rings is 2. The van der Waals surface area contributed by atoms with Gasteiger partial charge in [0.25, 0.3) is 11.8 Å². The molecule has 1 unspecified atom stereocenters. The third-order valence-electron chi connectivity index (χ3n) is 7.36. The van der Waals surface area contributed by atoms with Gasteiger partial charge < -0.3 is 20.3 Å². The molecule has 0 saturated carbocycles. The van der Waals surface area contributed by atoms with Crippen LogP contribution in [-0.2, 0) is 34.0 Å². The highest BCUT2D eigenvalue weighted by Crippen LogP contribution is 2.36. The molecule has 3 amide bonds. The highest BCUT2D eigenvalue weighted by Gasteiger charge is 2.51. The summed E-state index contributed by atoms with van der Waals surface area (Å²) in [5.41, 5.74) is -1.04. The Labute approximate surface area is 220 Å². The SMILES string of the molecule is [B]c1c([B])c(CN2CCOCC2)c(F)c(CNc2cccc3c2CN(C2(O)CCC(=O)NC2=O)C3=O)c1O. The average molecular weight is 518 g/mol. The van der Waals surface area contributed by atoms with E-state index in [2.05, 4.69) is 10.6 Å². The molecule has 1 atom stereocenters. The quantitative estimate of drug-likeness (QED) is 0.273. The van der Waals surface area contributed by atoms with Crippen LogP contribution in [0.25, 0.3) is 0 Å². The molecule has 10 nitrogen and oxygen atoms in total. The van der Waals surface area contributed by atoms with Crippen molar-refractivity contribution in [2.45, 2.75) is 38.2 Å². The lowest BCUT2D eigenvalue weighted by molar-refractivity contribution is -0.167. The molecule has 0 spiro atoms. The number of carbonyl (C=O) groups is 3. The Balaban J connectivity index is 1.40. The second kappa shape index (κ2) is 10.0. The monoisotopic (exact) mass is 518 g/mol. The lowest BCUT2D eigenvalue weighted by Gasteiger charge is -2.37. The van der Waals surface area contributed by atoms with Gasteiger partial charge in [-0.2, -0.15) is 0 Å². The zero-order chi connectivity index (χ0) is 27.2. The van der Waals surface area contributed by atoms with Gasteiger partial charge in [-0.25, -0.2) is 4.39 Å². The van der Waals surface area contributed by atoms with Crippen molar-refractivity contribution in [3.63, 3.8) is 0 Å². The fraction of sp³-hybridized carbons (Fsp3) is 0.400. The number of rotatable bonds is 6. The maximum Gasteiger partial charge on any atom is 0.279 e. The summed E-state index contributed by atoms with van der Waals surface area (Å²) >= 11 is 0. The fourth-order valence-electron chi connectivity index (χ4n) is 5.08. The minimum atomic E-state index is -2.18. The van der Waals surface area contributed by atoms with Crippen LogP contribution >= 0.6 is 0 Å². The van der Waals surface area contributed by atoms with E-state index in [4.69, 9.17) is 20.4 Å². The minimum Gasteiger partial charge on any atom is -0.508 e. The van der Waals surface area contributed by atoms with Gasteiger partial charge in [-0.05, 0) is 17.7 Å². The van der Waals surface area contributed by atoms with Crippen LogP contribution in [0, 0.1) is 5.82 Å². The van der Waals surface area contributed by atoms with E-state index in [9.17, 15) is 24.6 Å². The number of piperidine rings is 1. The van der Waals surface area contributed by atoms with Gasteiger partial charge in [-0.3, -0.25) is 29.5 Å². The van der Waals surface area contributed by atoms with Crippen LogP contribution in [0.2, 0.25) is 0 Å². The summed E-state index contributed by atoms with van der Waals surface area (Å²) in [7, 11) is 12.1. The number of fused-ring (bicyclic) bond motifs is 1. The van der Waals surface area contributed by atoms with Crippen molar-refractivity contribution in [1.29, 1.82) is 0 Å². The Hall–Kier alpha value is -3.41. The molecule has 13 heteroatoms. The van der Waals surface area contributed by atoms with E-state index < -0.39 is 35.0 Å². The van der Waals surface area contributed by atoms with Crippen molar-refractivity contribution in [2.24, 2.45) is 0 Å². The molecular formula is C25H25B2FN4O6. The number of carbonyl (C=O) groups excluding carboxylic acids is 3. The third-order valence-corrected chi connectivity index (χ3v) is 7.36. The molecule has 2 aromatic carbocycles. The summed E-state index contributed by atoms with van der Waals surface area (Å²) in [6, 6.07) is 4.82. The molecule has 2 saturated heterocycles. The first-order chi connectivity index (χ1) is 18.1. The second-order valence-electron chi connectivity index (χ2n) is 9.61. The Morgan fingerprint density at radius 2 is 1.87 bits per heavy atom. The number of nitrogens with one attached hydrogen (secondary N) is 2. The third kappa shape index (κ3) is 4.44.